The molecule has 0 aromatic heterocycles. The van der Waals surface area contributed by atoms with Gasteiger partial charge in [0, 0.05) is 5.41 Å². The summed E-state index contributed by atoms with van der Waals surface area (Å²) in [6.07, 6.45) is 11.4. The Morgan fingerprint density at radius 2 is 1.86 bits per heavy atom. The Morgan fingerprint density at radius 3 is 2.54 bits per heavy atom. The van der Waals surface area contributed by atoms with E-state index in [-0.39, 0.29) is 17.1 Å². The molecule has 0 aliphatic heterocycles. The van der Waals surface area contributed by atoms with Crippen LogP contribution in [-0.4, -0.2) is 13.9 Å². The van der Waals surface area contributed by atoms with Crippen LogP contribution in [0.25, 0.3) is 0 Å². The zero-order valence-corrected chi connectivity index (χ0v) is 17.3. The van der Waals surface area contributed by atoms with E-state index < -0.39 is 21.0 Å². The van der Waals surface area contributed by atoms with Gasteiger partial charge in [0.2, 0.25) is 0 Å². The van der Waals surface area contributed by atoms with Crippen LogP contribution in [0.15, 0.2) is 35.1 Å². The van der Waals surface area contributed by atoms with Crippen molar-refractivity contribution in [3.05, 3.63) is 35.1 Å². The van der Waals surface area contributed by atoms with E-state index in [1.54, 1.807) is 5.57 Å². The lowest BCUT2D eigenvalue weighted by Crippen LogP contribution is -2.46. The van der Waals surface area contributed by atoms with Gasteiger partial charge in [-0.2, -0.15) is 21.6 Å². The minimum atomic E-state index is -5.65. The first-order chi connectivity index (χ1) is 12.9. The van der Waals surface area contributed by atoms with E-state index >= 15 is 0 Å². The van der Waals surface area contributed by atoms with Crippen molar-refractivity contribution >= 4 is 10.1 Å². The molecule has 0 unspecified atom stereocenters. The van der Waals surface area contributed by atoms with Crippen molar-refractivity contribution in [2.24, 2.45) is 28.6 Å². The van der Waals surface area contributed by atoms with Gasteiger partial charge in [0.1, 0.15) is 5.76 Å². The standard InChI is InChI=1S/C21H27F3O3S/c1-13-8-10-19(2)14(12-13)4-5-15-16-6-7-18(20(16,3)11-9-17(15)19)27-28(25,26)21(22,23)24/h4,6-7,13,15,17H,5,8-12H2,1-3H3/t13-,15-,17-,19-,20-/m0/s1. The average molecular weight is 417 g/mol. The summed E-state index contributed by atoms with van der Waals surface area (Å²) in [4.78, 5) is 0. The molecule has 0 aromatic rings. The maximum atomic E-state index is 12.8. The Hall–Kier alpha value is -1.24. The molecule has 0 aromatic carbocycles. The van der Waals surface area contributed by atoms with E-state index in [0.29, 0.717) is 18.3 Å². The van der Waals surface area contributed by atoms with Crippen LogP contribution in [-0.2, 0) is 14.3 Å². The Balaban J connectivity index is 1.62. The van der Waals surface area contributed by atoms with Crippen molar-refractivity contribution in [1.82, 2.24) is 0 Å². The fraction of sp³-hybridized carbons (Fsp3) is 0.714. The molecule has 2 saturated carbocycles. The number of alkyl halides is 3. The van der Waals surface area contributed by atoms with E-state index in [0.717, 1.165) is 31.3 Å². The highest BCUT2D eigenvalue weighted by atomic mass is 32.2. The average Bonchev–Trinajstić information content (AvgIpc) is 2.91. The van der Waals surface area contributed by atoms with Gasteiger partial charge in [0.25, 0.3) is 0 Å². The first kappa shape index (κ1) is 20.0. The van der Waals surface area contributed by atoms with E-state index in [2.05, 4.69) is 24.1 Å². The fourth-order valence-corrected chi connectivity index (χ4v) is 6.67. The van der Waals surface area contributed by atoms with Gasteiger partial charge in [0.15, 0.2) is 0 Å². The molecule has 4 rings (SSSR count). The number of allylic oxidation sites excluding steroid dienone is 5. The van der Waals surface area contributed by atoms with Crippen LogP contribution >= 0.6 is 0 Å². The zero-order valence-electron chi connectivity index (χ0n) is 16.5. The molecule has 0 heterocycles. The summed E-state index contributed by atoms with van der Waals surface area (Å²) in [5.41, 5.74) is -3.48. The van der Waals surface area contributed by atoms with Crippen molar-refractivity contribution in [3.63, 3.8) is 0 Å². The van der Waals surface area contributed by atoms with Gasteiger partial charge in [-0.3, -0.25) is 0 Å². The lowest BCUT2D eigenvalue weighted by Gasteiger charge is -2.55. The van der Waals surface area contributed by atoms with Gasteiger partial charge in [-0.15, -0.1) is 0 Å². The highest BCUT2D eigenvalue weighted by Gasteiger charge is 2.57. The number of rotatable bonds is 2. The largest absolute Gasteiger partial charge is 0.534 e. The van der Waals surface area contributed by atoms with Crippen LogP contribution in [0.4, 0.5) is 13.2 Å². The summed E-state index contributed by atoms with van der Waals surface area (Å²) in [5.74, 6) is 1.29. The minimum Gasteiger partial charge on any atom is -0.380 e. The van der Waals surface area contributed by atoms with E-state index in [9.17, 15) is 21.6 Å². The minimum absolute atomic E-state index is 0.0875. The van der Waals surface area contributed by atoms with Crippen molar-refractivity contribution in [3.8, 4) is 0 Å². The van der Waals surface area contributed by atoms with Gasteiger partial charge in [-0.05, 0) is 74.7 Å². The number of halogens is 3. The van der Waals surface area contributed by atoms with Crippen LogP contribution in [0, 0.1) is 28.6 Å². The fourth-order valence-electron chi connectivity index (χ4n) is 6.10. The molecule has 0 N–H and O–H groups in total. The Morgan fingerprint density at radius 1 is 1.14 bits per heavy atom. The first-order valence-electron chi connectivity index (χ1n) is 10.0. The predicted molar refractivity (Wildman–Crippen MR) is 100 cm³/mol. The van der Waals surface area contributed by atoms with Crippen LogP contribution in [0.2, 0.25) is 0 Å². The molecule has 5 atom stereocenters. The Bertz CT molecular complexity index is 883. The van der Waals surface area contributed by atoms with Crippen LogP contribution < -0.4 is 0 Å². The Labute approximate surface area is 164 Å². The number of hydrogen-bond donors (Lipinski definition) is 0. The third-order valence-corrected chi connectivity index (χ3v) is 8.78. The SMILES string of the molecule is C[C@H]1CC[C@@]2(C)C(=CC[C@H]3C4=CC=C(OS(=O)(=O)C(F)(F)F)[C@@]4(C)CC[C@@H]32)C1. The number of fused-ring (bicyclic) bond motifs is 5. The molecular formula is C21H27F3O3S. The molecular weight excluding hydrogens is 389 g/mol. The highest BCUT2D eigenvalue weighted by Crippen LogP contribution is 2.64. The highest BCUT2D eigenvalue weighted by molar-refractivity contribution is 7.87. The van der Waals surface area contributed by atoms with Crippen molar-refractivity contribution < 1.29 is 25.8 Å². The summed E-state index contributed by atoms with van der Waals surface area (Å²) >= 11 is 0. The smallest absolute Gasteiger partial charge is 0.380 e. The third kappa shape index (κ3) is 2.79. The van der Waals surface area contributed by atoms with Crippen LogP contribution in [0.1, 0.15) is 59.3 Å². The molecule has 0 amide bonds. The summed E-state index contributed by atoms with van der Waals surface area (Å²) in [6.45, 7) is 6.46. The molecule has 0 bridgehead atoms. The van der Waals surface area contributed by atoms with Gasteiger partial charge in [-0.25, -0.2) is 0 Å². The summed E-state index contributed by atoms with van der Waals surface area (Å²) in [6, 6.07) is 0. The van der Waals surface area contributed by atoms with Crippen molar-refractivity contribution in [2.75, 3.05) is 0 Å². The maximum absolute atomic E-state index is 12.8. The topological polar surface area (TPSA) is 43.4 Å². The van der Waals surface area contributed by atoms with Gasteiger partial charge < -0.3 is 4.18 Å². The van der Waals surface area contributed by atoms with Gasteiger partial charge in [0.05, 0.1) is 0 Å². The second kappa shape index (κ2) is 6.13. The molecule has 7 heteroatoms. The molecule has 156 valence electrons. The van der Waals surface area contributed by atoms with Gasteiger partial charge >= 0.3 is 15.6 Å². The lowest BCUT2D eigenvalue weighted by atomic mass is 9.49. The molecule has 4 aliphatic carbocycles. The summed E-state index contributed by atoms with van der Waals surface area (Å²) in [7, 11) is -5.65. The molecule has 0 radical (unpaired) electrons. The summed E-state index contributed by atoms with van der Waals surface area (Å²) < 4.78 is 66.1. The third-order valence-electron chi connectivity index (χ3n) is 7.81. The van der Waals surface area contributed by atoms with Crippen LogP contribution in [0.3, 0.4) is 0 Å². The quantitative estimate of drug-likeness (QED) is 0.321. The Kier molecular flexibility index (Phi) is 4.39. The van der Waals surface area contributed by atoms with Crippen molar-refractivity contribution in [2.45, 2.75) is 64.8 Å². The second-order valence-corrected chi connectivity index (χ2v) is 11.0. The van der Waals surface area contributed by atoms with E-state index in [4.69, 9.17) is 0 Å². The molecule has 0 saturated heterocycles. The number of hydrogen-bond acceptors (Lipinski definition) is 3. The molecule has 4 aliphatic rings. The second-order valence-electron chi connectivity index (χ2n) is 9.45. The normalized spacial score (nSPS) is 40.5. The summed E-state index contributed by atoms with van der Waals surface area (Å²) in [5, 5.41) is 0. The first-order valence-corrected chi connectivity index (χ1v) is 11.4. The molecule has 3 nitrogen and oxygen atoms in total. The molecule has 28 heavy (non-hydrogen) atoms. The van der Waals surface area contributed by atoms with Crippen LogP contribution in [0.5, 0.6) is 0 Å². The van der Waals surface area contributed by atoms with E-state index in [1.165, 1.54) is 12.5 Å². The van der Waals surface area contributed by atoms with E-state index in [1.807, 2.05) is 13.0 Å². The van der Waals surface area contributed by atoms with Crippen molar-refractivity contribution in [1.29, 1.82) is 0 Å². The van der Waals surface area contributed by atoms with Gasteiger partial charge in [-0.1, -0.05) is 37.1 Å². The maximum Gasteiger partial charge on any atom is 0.534 e. The zero-order chi connectivity index (χ0) is 20.5. The molecule has 0 spiro atoms. The molecule has 2 fully saturated rings. The monoisotopic (exact) mass is 416 g/mol. The lowest BCUT2D eigenvalue weighted by molar-refractivity contribution is -0.0534. The predicted octanol–water partition coefficient (Wildman–Crippen LogP) is 5.87.